The van der Waals surface area contributed by atoms with Crippen molar-refractivity contribution < 1.29 is 48.7 Å². The highest BCUT2D eigenvalue weighted by atomic mass is 16.7. The lowest BCUT2D eigenvalue weighted by molar-refractivity contribution is -0.240. The van der Waals surface area contributed by atoms with Crippen molar-refractivity contribution in [2.75, 3.05) is 13.7 Å². The van der Waals surface area contributed by atoms with E-state index in [4.69, 9.17) is 30.4 Å². The Kier molecular flexibility index (Phi) is 8.23. The Bertz CT molecular complexity index is 1150. The smallest absolute Gasteiger partial charge is 0.330 e. The van der Waals surface area contributed by atoms with Crippen molar-refractivity contribution in [1.82, 2.24) is 14.9 Å². The molecule has 3 heterocycles. The number of hydrogen-bond acceptors (Lipinski definition) is 12. The highest BCUT2D eigenvalue weighted by Crippen LogP contribution is 2.34. The number of methoxy groups -OCH3 is 1. The average molecular weight is 515 g/mol. The highest BCUT2D eigenvalue weighted by Gasteiger charge is 2.52. The molecular weight excluding hydrogens is 490 g/mol. The molecule has 0 aliphatic carbocycles. The second kappa shape index (κ2) is 11.0. The zero-order valence-corrected chi connectivity index (χ0v) is 18.7. The second-order valence-electron chi connectivity index (χ2n) is 7.81. The Morgan fingerprint density at radius 2 is 1.92 bits per heavy atom. The standard InChI is InChI=1S/C19H25N5O12/c1-33-13-11(29)12(35-17(13)24-3-2-9(27)23-19(24)32)14(15(21)30)36-18-10(28)6(25)4-7(34-18)16(31)22-5-8(20)26/h2-4,6,10-14,17-18,25,28-29H,5H2,1H3,(H2,20,26)(H2,21,30)(H,22,31)(H,23,27,32). The highest BCUT2D eigenvalue weighted by molar-refractivity contribution is 5.94. The summed E-state index contributed by atoms with van der Waals surface area (Å²) >= 11 is 0. The molecule has 0 spiro atoms. The Balaban J connectivity index is 1.83. The Hall–Kier alpha value is -3.61. The minimum atomic E-state index is -1.87. The van der Waals surface area contributed by atoms with E-state index >= 15 is 0 Å². The van der Waals surface area contributed by atoms with Gasteiger partial charge in [0, 0.05) is 19.4 Å². The van der Waals surface area contributed by atoms with E-state index in [1.807, 2.05) is 4.98 Å². The van der Waals surface area contributed by atoms with E-state index in [0.717, 1.165) is 22.9 Å². The van der Waals surface area contributed by atoms with Crippen LogP contribution in [0.5, 0.6) is 0 Å². The molecule has 1 fully saturated rings. The predicted molar refractivity (Wildman–Crippen MR) is 113 cm³/mol. The molecular formula is C19H25N5O12. The van der Waals surface area contributed by atoms with E-state index in [2.05, 4.69) is 5.32 Å². The van der Waals surface area contributed by atoms with Gasteiger partial charge in [0.15, 0.2) is 18.1 Å². The first-order valence-corrected chi connectivity index (χ1v) is 10.4. The number of H-pyrrole nitrogens is 1. The molecule has 8 atom stereocenters. The van der Waals surface area contributed by atoms with Gasteiger partial charge in [-0.2, -0.15) is 0 Å². The largest absolute Gasteiger partial charge is 0.456 e. The number of nitrogens with zero attached hydrogens (tertiary/aromatic N) is 1. The number of hydrogen-bond donors (Lipinski definition) is 7. The molecule has 17 heteroatoms. The van der Waals surface area contributed by atoms with Crippen LogP contribution in [0.3, 0.4) is 0 Å². The first-order valence-electron chi connectivity index (χ1n) is 10.4. The monoisotopic (exact) mass is 515 g/mol. The van der Waals surface area contributed by atoms with Gasteiger partial charge in [-0.1, -0.05) is 0 Å². The SMILES string of the molecule is COC1C(O)C(C(OC2OC(C(=O)NCC(N)=O)=CC(O)C2O)C(N)=O)OC1n1ccc(=O)[nH]c1=O. The second-order valence-corrected chi connectivity index (χ2v) is 7.81. The molecule has 2 aliphatic rings. The molecule has 1 aromatic heterocycles. The summed E-state index contributed by atoms with van der Waals surface area (Å²) in [6.45, 7) is -0.556. The third-order valence-electron chi connectivity index (χ3n) is 5.35. The maximum absolute atomic E-state index is 12.2. The Labute approximate surface area is 201 Å². The van der Waals surface area contributed by atoms with Gasteiger partial charge >= 0.3 is 5.69 Å². The molecule has 3 rings (SSSR count). The summed E-state index contributed by atoms with van der Waals surface area (Å²) in [7, 11) is 1.19. The molecule has 9 N–H and O–H groups in total. The molecule has 17 nitrogen and oxygen atoms in total. The lowest BCUT2D eigenvalue weighted by Crippen LogP contribution is -2.53. The number of carbonyl (C=O) groups is 3. The van der Waals surface area contributed by atoms with Crippen LogP contribution in [-0.4, -0.2) is 99.2 Å². The molecule has 36 heavy (non-hydrogen) atoms. The van der Waals surface area contributed by atoms with Crippen LogP contribution in [0, 0.1) is 0 Å². The van der Waals surface area contributed by atoms with Gasteiger partial charge in [-0.25, -0.2) is 4.79 Å². The summed E-state index contributed by atoms with van der Waals surface area (Å²) in [6.07, 6.45) is -11.2. The summed E-state index contributed by atoms with van der Waals surface area (Å²) in [5.41, 5.74) is 8.78. The van der Waals surface area contributed by atoms with Gasteiger partial charge < -0.3 is 51.1 Å². The molecule has 0 bridgehead atoms. The summed E-state index contributed by atoms with van der Waals surface area (Å²) in [5.74, 6) is -3.62. The number of rotatable bonds is 9. The van der Waals surface area contributed by atoms with Gasteiger partial charge in [0.25, 0.3) is 11.5 Å². The van der Waals surface area contributed by atoms with Crippen LogP contribution >= 0.6 is 0 Å². The van der Waals surface area contributed by atoms with Crippen LogP contribution in [0.4, 0.5) is 0 Å². The first kappa shape index (κ1) is 27.0. The quantitative estimate of drug-likeness (QED) is 0.162. The maximum atomic E-state index is 12.2. The topological polar surface area (TPSA) is 268 Å². The number of carbonyl (C=O) groups excluding carboxylic acids is 3. The molecule has 0 aromatic carbocycles. The van der Waals surface area contributed by atoms with Gasteiger partial charge in [0.05, 0.1) is 6.54 Å². The number of amides is 3. The van der Waals surface area contributed by atoms with Gasteiger partial charge in [0.2, 0.25) is 18.1 Å². The Morgan fingerprint density at radius 1 is 1.22 bits per heavy atom. The number of primary amides is 2. The van der Waals surface area contributed by atoms with Crippen molar-refractivity contribution in [2.45, 2.75) is 49.1 Å². The van der Waals surface area contributed by atoms with Crippen molar-refractivity contribution in [1.29, 1.82) is 0 Å². The molecule has 1 aromatic rings. The molecule has 0 saturated carbocycles. The number of aromatic nitrogens is 2. The van der Waals surface area contributed by atoms with Crippen molar-refractivity contribution >= 4 is 17.7 Å². The fourth-order valence-corrected chi connectivity index (χ4v) is 3.62. The number of aromatic amines is 1. The first-order chi connectivity index (χ1) is 16.9. The summed E-state index contributed by atoms with van der Waals surface area (Å²) in [5, 5.41) is 33.2. The third kappa shape index (κ3) is 5.61. The van der Waals surface area contributed by atoms with Crippen LogP contribution in [0.1, 0.15) is 6.23 Å². The normalized spacial score (nSPS) is 30.7. The van der Waals surface area contributed by atoms with E-state index < -0.39 is 90.4 Å². The number of aliphatic hydroxyl groups excluding tert-OH is 3. The number of aliphatic hydroxyl groups is 3. The van der Waals surface area contributed by atoms with E-state index in [9.17, 15) is 39.3 Å². The lowest BCUT2D eigenvalue weighted by atomic mass is 10.0. The van der Waals surface area contributed by atoms with Crippen LogP contribution in [0.25, 0.3) is 0 Å². The number of nitrogens with one attached hydrogen (secondary N) is 2. The van der Waals surface area contributed by atoms with Crippen molar-refractivity contribution in [2.24, 2.45) is 11.5 Å². The van der Waals surface area contributed by atoms with Crippen LogP contribution in [-0.2, 0) is 33.3 Å². The zero-order valence-electron chi connectivity index (χ0n) is 18.7. The van der Waals surface area contributed by atoms with Crippen LogP contribution < -0.4 is 28.0 Å². The minimum absolute atomic E-state index is 0.556. The van der Waals surface area contributed by atoms with Gasteiger partial charge in [-0.3, -0.25) is 28.7 Å². The molecule has 2 aliphatic heterocycles. The fraction of sp³-hybridized carbons (Fsp3) is 0.526. The predicted octanol–water partition coefficient (Wildman–Crippen LogP) is -5.76. The lowest BCUT2D eigenvalue weighted by Gasteiger charge is -2.34. The molecule has 198 valence electrons. The molecule has 8 unspecified atom stereocenters. The maximum Gasteiger partial charge on any atom is 0.330 e. The molecule has 1 saturated heterocycles. The minimum Gasteiger partial charge on any atom is -0.456 e. The van der Waals surface area contributed by atoms with Gasteiger partial charge in [-0.05, 0) is 6.08 Å². The van der Waals surface area contributed by atoms with E-state index in [0.29, 0.717) is 0 Å². The van der Waals surface area contributed by atoms with Gasteiger partial charge in [0.1, 0.15) is 30.5 Å². The molecule has 0 radical (unpaired) electrons. The van der Waals surface area contributed by atoms with Gasteiger partial charge in [-0.15, -0.1) is 0 Å². The van der Waals surface area contributed by atoms with E-state index in [1.165, 1.54) is 7.11 Å². The van der Waals surface area contributed by atoms with E-state index in [1.54, 1.807) is 0 Å². The summed E-state index contributed by atoms with van der Waals surface area (Å²) in [6, 6.07) is 1.02. The molecule has 3 amide bonds. The number of ether oxygens (including phenoxy) is 4. The number of nitrogens with two attached hydrogens (primary N) is 2. The Morgan fingerprint density at radius 3 is 2.50 bits per heavy atom. The average Bonchev–Trinajstić information content (AvgIpc) is 3.13. The van der Waals surface area contributed by atoms with E-state index in [-0.39, 0.29) is 0 Å². The zero-order chi connectivity index (χ0) is 26.7. The van der Waals surface area contributed by atoms with Crippen molar-refractivity contribution in [3.63, 3.8) is 0 Å². The summed E-state index contributed by atoms with van der Waals surface area (Å²) in [4.78, 5) is 60.9. The van der Waals surface area contributed by atoms with Crippen molar-refractivity contribution in [3.05, 3.63) is 44.9 Å². The van der Waals surface area contributed by atoms with Crippen molar-refractivity contribution in [3.8, 4) is 0 Å². The third-order valence-corrected chi connectivity index (χ3v) is 5.35. The fourth-order valence-electron chi connectivity index (χ4n) is 3.62. The van der Waals surface area contributed by atoms with Crippen LogP contribution in [0.15, 0.2) is 33.7 Å². The summed E-state index contributed by atoms with van der Waals surface area (Å²) < 4.78 is 22.4. The van der Waals surface area contributed by atoms with Crippen LogP contribution in [0.2, 0.25) is 0 Å².